The molecule has 4 fully saturated rings. The van der Waals surface area contributed by atoms with Crippen molar-refractivity contribution in [2.75, 3.05) is 13.2 Å². The highest BCUT2D eigenvalue weighted by molar-refractivity contribution is 8.45. The molecule has 3 nitrogen and oxygen atoms in total. The average molecular weight is 675 g/mol. The maximum Gasteiger partial charge on any atom is 0.310 e. The second-order valence-corrected chi connectivity index (χ2v) is 23.1. The fourth-order valence-corrected chi connectivity index (χ4v) is 9.32. The minimum Gasteiger partial charge on any atom is -0.410 e. The number of allylic oxidation sites excluding steroid dienone is 1. The number of rotatable bonds is 5. The lowest BCUT2D eigenvalue weighted by molar-refractivity contribution is -0.0890. The van der Waals surface area contributed by atoms with Gasteiger partial charge in [-0.05, 0) is 102 Å². The largest absolute Gasteiger partial charge is 0.410 e. The molecule has 0 amide bonds. The van der Waals surface area contributed by atoms with Gasteiger partial charge >= 0.3 is 10.2 Å². The number of halogens is 5. The standard InChI is InChI=1S/C35H51F5O3SSi/c1-23(2)25(4)30-31(29-24(3)21-34(15-10-16-34)22-28(29)43-45(8,9)33(5,6)7)35(17-19-41-20-18-35)42-32(30)26-11-13-27(14-12-26)44(36,37,38,39)40/h11-14,23,28,32H,3,10,15-22H2,1-2,4-9H3/b30-25-,31-29?/t28-,32+/m0/s1. The van der Waals surface area contributed by atoms with E-state index in [1.807, 2.05) is 0 Å². The predicted octanol–water partition coefficient (Wildman–Crippen LogP) is 12.1. The van der Waals surface area contributed by atoms with Crippen LogP contribution in [0.4, 0.5) is 19.4 Å². The first-order chi connectivity index (χ1) is 20.4. The molecule has 0 radical (unpaired) electrons. The van der Waals surface area contributed by atoms with E-state index in [1.54, 1.807) is 0 Å². The molecule has 5 rings (SSSR count). The molecule has 10 heteroatoms. The van der Waals surface area contributed by atoms with Crippen LogP contribution in [0, 0.1) is 11.3 Å². The van der Waals surface area contributed by atoms with Crippen LogP contribution >= 0.6 is 10.2 Å². The van der Waals surface area contributed by atoms with E-state index in [-0.39, 0.29) is 22.5 Å². The molecule has 0 bridgehead atoms. The van der Waals surface area contributed by atoms with Crippen molar-refractivity contribution in [3.63, 3.8) is 0 Å². The second kappa shape index (κ2) is 10.5. The summed E-state index contributed by atoms with van der Waals surface area (Å²) in [5, 5.41) is -0.0173. The van der Waals surface area contributed by atoms with Crippen LogP contribution in [-0.2, 0) is 13.9 Å². The zero-order valence-corrected chi connectivity index (χ0v) is 30.0. The molecule has 2 heterocycles. The summed E-state index contributed by atoms with van der Waals surface area (Å²) in [6, 6.07) is 3.34. The highest BCUT2D eigenvalue weighted by atomic mass is 32.5. The minimum atomic E-state index is -9.83. The summed E-state index contributed by atoms with van der Waals surface area (Å²) >= 11 is 0. The molecule has 0 unspecified atom stereocenters. The van der Waals surface area contributed by atoms with Gasteiger partial charge in [-0.3, -0.25) is 0 Å². The molecule has 45 heavy (non-hydrogen) atoms. The SMILES string of the molecule is C=C1CC2(CCC2)C[C@H](O[Si](C)(C)C(C)(C)C)C1=C1/C(=C(\C)C(C)C)[C@@H](c2ccc(S(F)(F)(F)(F)F)cc2)OC12CCOCC2. The van der Waals surface area contributed by atoms with Gasteiger partial charge in [0.05, 0.1) is 11.7 Å². The molecule has 2 saturated heterocycles. The molecule has 4 aliphatic rings. The molecule has 0 aromatic heterocycles. The summed E-state index contributed by atoms with van der Waals surface area (Å²) in [4.78, 5) is -1.89. The molecule has 2 saturated carbocycles. The van der Waals surface area contributed by atoms with Crippen LogP contribution in [-0.4, -0.2) is 33.2 Å². The van der Waals surface area contributed by atoms with Gasteiger partial charge in [0.1, 0.15) is 11.0 Å². The maximum absolute atomic E-state index is 13.7. The minimum absolute atomic E-state index is 0.0173. The van der Waals surface area contributed by atoms with E-state index in [1.165, 1.54) is 6.42 Å². The normalized spacial score (nSPS) is 30.0. The molecular weight excluding hydrogens is 624 g/mol. The first kappa shape index (κ1) is 34.9. The summed E-state index contributed by atoms with van der Waals surface area (Å²) in [6.45, 7) is 23.1. The van der Waals surface area contributed by atoms with Gasteiger partial charge < -0.3 is 13.9 Å². The Balaban J connectivity index is 1.75. The highest BCUT2D eigenvalue weighted by Crippen LogP contribution is 3.02. The van der Waals surface area contributed by atoms with Crippen LogP contribution in [0.5, 0.6) is 0 Å². The van der Waals surface area contributed by atoms with E-state index in [0.717, 1.165) is 65.7 Å². The monoisotopic (exact) mass is 674 g/mol. The van der Waals surface area contributed by atoms with E-state index in [9.17, 15) is 19.4 Å². The van der Waals surface area contributed by atoms with Crippen molar-refractivity contribution >= 4 is 18.5 Å². The fourth-order valence-electron chi connectivity index (χ4n) is 7.40. The van der Waals surface area contributed by atoms with Gasteiger partial charge in [0.15, 0.2) is 8.32 Å². The maximum atomic E-state index is 13.7. The van der Waals surface area contributed by atoms with Crippen molar-refractivity contribution in [1.82, 2.24) is 0 Å². The lowest BCUT2D eigenvalue weighted by Gasteiger charge is -2.52. The zero-order valence-electron chi connectivity index (χ0n) is 28.1. The average Bonchev–Trinajstić information content (AvgIpc) is 3.18. The molecule has 1 aromatic carbocycles. The number of hydrogen-bond donors (Lipinski definition) is 0. The van der Waals surface area contributed by atoms with Crippen LogP contribution in [0.15, 0.2) is 63.6 Å². The Morgan fingerprint density at radius 3 is 2.04 bits per heavy atom. The third-order valence-corrected chi connectivity index (χ3v) is 17.0. The first-order valence-electron chi connectivity index (χ1n) is 16.3. The van der Waals surface area contributed by atoms with Crippen molar-refractivity contribution in [1.29, 1.82) is 0 Å². The molecule has 2 aliphatic heterocycles. The van der Waals surface area contributed by atoms with Crippen molar-refractivity contribution in [2.45, 2.75) is 127 Å². The summed E-state index contributed by atoms with van der Waals surface area (Å²) in [5.41, 5.74) is 5.01. The van der Waals surface area contributed by atoms with Crippen molar-refractivity contribution in [2.24, 2.45) is 11.3 Å². The Bertz CT molecular complexity index is 1410. The molecule has 1 aromatic rings. The van der Waals surface area contributed by atoms with Crippen LogP contribution < -0.4 is 0 Å². The van der Waals surface area contributed by atoms with Gasteiger partial charge in [0, 0.05) is 26.1 Å². The predicted molar refractivity (Wildman–Crippen MR) is 176 cm³/mol. The highest BCUT2D eigenvalue weighted by Gasteiger charge is 2.65. The lowest BCUT2D eigenvalue weighted by Crippen LogP contribution is -2.49. The number of hydrogen-bond acceptors (Lipinski definition) is 3. The molecule has 2 aliphatic carbocycles. The van der Waals surface area contributed by atoms with E-state index in [0.29, 0.717) is 43.8 Å². The Labute approximate surface area is 267 Å². The van der Waals surface area contributed by atoms with E-state index >= 15 is 0 Å². The molecule has 0 N–H and O–H groups in total. The van der Waals surface area contributed by atoms with Crippen LogP contribution in [0.2, 0.25) is 18.1 Å². The van der Waals surface area contributed by atoms with Crippen LogP contribution in [0.25, 0.3) is 0 Å². The van der Waals surface area contributed by atoms with Crippen molar-refractivity contribution in [3.05, 3.63) is 64.3 Å². The third-order valence-electron chi connectivity index (χ3n) is 11.4. The van der Waals surface area contributed by atoms with Gasteiger partial charge in [-0.15, -0.1) is 0 Å². The summed E-state index contributed by atoms with van der Waals surface area (Å²) in [6.07, 6.45) is 5.53. The Morgan fingerprint density at radius 1 is 1.00 bits per heavy atom. The molecule has 254 valence electrons. The fraction of sp³-hybridized carbons (Fsp3) is 0.657. The number of ether oxygens (including phenoxy) is 2. The molecule has 2 atom stereocenters. The summed E-state index contributed by atoms with van der Waals surface area (Å²) in [5.74, 6) is 0.107. The summed E-state index contributed by atoms with van der Waals surface area (Å²) < 4.78 is 88.6. The van der Waals surface area contributed by atoms with Crippen molar-refractivity contribution < 1.29 is 33.3 Å². The van der Waals surface area contributed by atoms with Gasteiger partial charge in [0.25, 0.3) is 0 Å². The Hall–Kier alpha value is -1.46. The smallest absolute Gasteiger partial charge is 0.310 e. The van der Waals surface area contributed by atoms with Gasteiger partial charge in [-0.1, -0.05) is 84.8 Å². The topological polar surface area (TPSA) is 27.7 Å². The van der Waals surface area contributed by atoms with Gasteiger partial charge in [-0.25, -0.2) is 0 Å². The zero-order chi connectivity index (χ0) is 33.5. The first-order valence-corrected chi connectivity index (χ1v) is 21.2. The quantitative estimate of drug-likeness (QED) is 0.230. The lowest BCUT2D eigenvalue weighted by atomic mass is 9.57. The van der Waals surface area contributed by atoms with Crippen LogP contribution in [0.3, 0.4) is 0 Å². The second-order valence-electron chi connectivity index (χ2n) is 15.9. The van der Waals surface area contributed by atoms with Crippen LogP contribution in [0.1, 0.15) is 98.2 Å². The van der Waals surface area contributed by atoms with Gasteiger partial charge in [0.2, 0.25) is 0 Å². The van der Waals surface area contributed by atoms with Gasteiger partial charge in [-0.2, -0.15) is 0 Å². The van der Waals surface area contributed by atoms with E-state index in [4.69, 9.17) is 20.5 Å². The van der Waals surface area contributed by atoms with E-state index < -0.39 is 35.1 Å². The molecular formula is C35H51F5O3SSi. The third kappa shape index (κ3) is 6.52. The number of benzene rings is 1. The van der Waals surface area contributed by atoms with E-state index in [2.05, 4.69) is 54.6 Å². The Morgan fingerprint density at radius 2 is 1.58 bits per heavy atom. The van der Waals surface area contributed by atoms with Crippen molar-refractivity contribution in [3.8, 4) is 0 Å². The molecule has 2 spiro atoms. The summed E-state index contributed by atoms with van der Waals surface area (Å²) in [7, 11) is -12.1. The Kier molecular flexibility index (Phi) is 8.15.